The molecule has 57 heavy (non-hydrogen) atoms. The van der Waals surface area contributed by atoms with Crippen molar-refractivity contribution in [1.29, 1.82) is 0 Å². The molecule has 298 valence electrons. The summed E-state index contributed by atoms with van der Waals surface area (Å²) in [6.45, 7) is 11.9. The van der Waals surface area contributed by atoms with E-state index in [1.807, 2.05) is 69.3 Å². The number of ether oxygens (including phenoxy) is 1. The number of piperazine rings is 1. The van der Waals surface area contributed by atoms with E-state index in [2.05, 4.69) is 54.6 Å². The lowest BCUT2D eigenvalue weighted by atomic mass is 9.89. The first-order valence-electron chi connectivity index (χ1n) is 19.1. The quantitative estimate of drug-likeness (QED) is 0.172. The van der Waals surface area contributed by atoms with Gasteiger partial charge in [0.05, 0.1) is 53.6 Å². The first kappa shape index (κ1) is 39.0. The van der Waals surface area contributed by atoms with Crippen LogP contribution in [0.5, 0.6) is 0 Å². The molecule has 3 aromatic heterocycles. The number of alkyl carbamates (subject to hydrolysis) is 1. The second kappa shape index (κ2) is 16.4. The molecule has 2 aromatic carbocycles. The van der Waals surface area contributed by atoms with Crippen LogP contribution in [-0.4, -0.2) is 111 Å². The van der Waals surface area contributed by atoms with Crippen LogP contribution in [0.1, 0.15) is 49.8 Å². The number of fused-ring (bicyclic) bond motifs is 1. The molecule has 0 bridgehead atoms. The summed E-state index contributed by atoms with van der Waals surface area (Å²) in [7, 11) is 2.10. The highest BCUT2D eigenvalue weighted by molar-refractivity contribution is 6.11. The van der Waals surface area contributed by atoms with Crippen LogP contribution in [0.2, 0.25) is 0 Å². The molecule has 2 fully saturated rings. The third-order valence-corrected chi connectivity index (χ3v) is 10.3. The molecule has 3 atom stereocenters. The topological polar surface area (TPSA) is 174 Å². The maximum absolute atomic E-state index is 14.6. The highest BCUT2D eigenvalue weighted by atomic mass is 16.6. The van der Waals surface area contributed by atoms with Crippen molar-refractivity contribution >= 4 is 51.7 Å². The van der Waals surface area contributed by atoms with Gasteiger partial charge >= 0.3 is 12.2 Å². The molecule has 3 N–H and O–H groups in total. The molecule has 16 nitrogen and oxygen atoms in total. The number of carbonyl (C=O) groups excluding carboxylic acids is 2. The van der Waals surface area contributed by atoms with E-state index >= 15 is 0 Å². The van der Waals surface area contributed by atoms with Gasteiger partial charge in [-0.1, -0.05) is 48.5 Å². The first-order valence-corrected chi connectivity index (χ1v) is 19.1. The highest BCUT2D eigenvalue weighted by Crippen LogP contribution is 2.36. The van der Waals surface area contributed by atoms with E-state index in [0.29, 0.717) is 35.4 Å². The number of carbonyl (C=O) groups is 3. The van der Waals surface area contributed by atoms with E-state index in [9.17, 15) is 19.5 Å². The summed E-state index contributed by atoms with van der Waals surface area (Å²) in [4.78, 5) is 57.7. The number of amides is 3. The second-order valence-electron chi connectivity index (χ2n) is 15.7. The maximum atomic E-state index is 14.6. The predicted octanol–water partition coefficient (Wildman–Crippen LogP) is 5.50. The normalized spacial score (nSPS) is 18.9. The lowest BCUT2D eigenvalue weighted by Crippen LogP contribution is -2.57. The van der Waals surface area contributed by atoms with Crippen LogP contribution in [-0.2, 0) is 11.3 Å². The lowest BCUT2D eigenvalue weighted by Gasteiger charge is -2.44. The summed E-state index contributed by atoms with van der Waals surface area (Å²) in [5.74, 6) is -0.637. The van der Waals surface area contributed by atoms with E-state index in [1.165, 1.54) is 0 Å². The number of nitrogens with one attached hydrogen (secondary N) is 2. The number of aromatic nitrogens is 5. The molecule has 0 radical (unpaired) electrons. The Labute approximate surface area is 331 Å². The largest absolute Gasteiger partial charge is 0.465 e. The van der Waals surface area contributed by atoms with E-state index in [1.54, 1.807) is 41.6 Å². The number of rotatable bonds is 9. The van der Waals surface area contributed by atoms with Crippen LogP contribution in [0.4, 0.5) is 32.3 Å². The fraction of sp³-hybridized carbons (Fsp3) is 0.390. The van der Waals surface area contributed by atoms with Gasteiger partial charge in [-0.3, -0.25) is 14.7 Å². The molecule has 5 aromatic rings. The minimum Gasteiger partial charge on any atom is -0.465 e. The summed E-state index contributed by atoms with van der Waals surface area (Å²) in [5.41, 5.74) is 2.77. The molecule has 0 unspecified atom stereocenters. The number of anilines is 4. The van der Waals surface area contributed by atoms with Crippen molar-refractivity contribution in [3.63, 3.8) is 0 Å². The zero-order valence-electron chi connectivity index (χ0n) is 32.9. The molecule has 2 aliphatic rings. The average Bonchev–Trinajstić information content (AvgIpc) is 3.71. The van der Waals surface area contributed by atoms with Crippen molar-refractivity contribution in [3.05, 3.63) is 96.7 Å². The van der Waals surface area contributed by atoms with Gasteiger partial charge in [0.1, 0.15) is 5.60 Å². The molecule has 0 aliphatic carbocycles. The third kappa shape index (κ3) is 9.07. The van der Waals surface area contributed by atoms with Gasteiger partial charge in [0, 0.05) is 62.7 Å². The van der Waals surface area contributed by atoms with E-state index < -0.39 is 29.7 Å². The Morgan fingerprint density at radius 2 is 1.74 bits per heavy atom. The molecule has 16 heteroatoms. The standard InChI is InChI=1S/C41H49N11O5/c1-27-24-50(26-33(37(27)52-16-15-43-47-52)46-39(54)57-41(2,3)4)34-13-14-42-23-32(34)45-38(53)36-35(51(40(55)56)25-28-9-7-6-8-10-28)21-29-11-12-30(22-31(29)44-36)49-19-17-48(5)18-20-49/h6-16,21-23,27,33,37H,17-20,24-26H2,1-5H3,(H,45,53)(H,46,54)(H,55,56)/t27-,33+,37-/m0/s1. The molecule has 5 heterocycles. The third-order valence-electron chi connectivity index (χ3n) is 10.3. The van der Waals surface area contributed by atoms with E-state index in [-0.39, 0.29) is 29.9 Å². The monoisotopic (exact) mass is 775 g/mol. The molecule has 0 saturated carbocycles. The Kier molecular flexibility index (Phi) is 11.2. The number of carboxylic acid groups (broad SMARTS) is 1. The SMILES string of the molecule is C[C@H]1CN(c2ccncc2NC(=O)c2nc3cc(N4CCN(C)CC4)ccc3cc2N(Cc2ccccc2)C(=O)O)C[C@@H](NC(=O)OC(C)(C)C)[C@H]1n1ccnn1. The van der Waals surface area contributed by atoms with Crippen molar-refractivity contribution in [2.45, 2.75) is 51.9 Å². The summed E-state index contributed by atoms with van der Waals surface area (Å²) < 4.78 is 7.39. The van der Waals surface area contributed by atoms with Crippen LogP contribution < -0.4 is 25.3 Å². The molecular formula is C41H49N11O5. The first-order chi connectivity index (χ1) is 27.3. The van der Waals surface area contributed by atoms with Crippen LogP contribution in [0.3, 0.4) is 0 Å². The molecule has 3 amide bonds. The van der Waals surface area contributed by atoms with Gasteiger partial charge < -0.3 is 35.2 Å². The molecule has 2 saturated heterocycles. The Morgan fingerprint density at radius 3 is 2.44 bits per heavy atom. The van der Waals surface area contributed by atoms with Gasteiger partial charge in [-0.2, -0.15) is 0 Å². The van der Waals surface area contributed by atoms with Crippen molar-refractivity contribution in [1.82, 2.24) is 35.2 Å². The maximum Gasteiger partial charge on any atom is 0.412 e. The minimum atomic E-state index is -1.22. The molecule has 2 aliphatic heterocycles. The summed E-state index contributed by atoms with van der Waals surface area (Å²) >= 11 is 0. The van der Waals surface area contributed by atoms with E-state index in [0.717, 1.165) is 42.3 Å². The van der Waals surface area contributed by atoms with Gasteiger partial charge in [0.25, 0.3) is 5.91 Å². The van der Waals surface area contributed by atoms with E-state index in [4.69, 9.17) is 9.72 Å². The van der Waals surface area contributed by atoms with Gasteiger partial charge in [0.2, 0.25) is 0 Å². The van der Waals surface area contributed by atoms with Gasteiger partial charge in [-0.05, 0) is 63.6 Å². The zero-order valence-corrected chi connectivity index (χ0v) is 32.9. The van der Waals surface area contributed by atoms with Gasteiger partial charge in [-0.25, -0.2) is 19.3 Å². The number of hydrogen-bond donors (Lipinski definition) is 3. The number of likely N-dealkylation sites (N-methyl/N-ethyl adjacent to an activating group) is 1. The van der Waals surface area contributed by atoms with Crippen molar-refractivity contribution in [2.75, 3.05) is 66.3 Å². The molecule has 7 rings (SSSR count). The summed E-state index contributed by atoms with van der Waals surface area (Å²) in [5, 5.41) is 25.6. The van der Waals surface area contributed by atoms with Gasteiger partial charge in [0.15, 0.2) is 5.69 Å². The van der Waals surface area contributed by atoms with Crippen LogP contribution in [0.25, 0.3) is 10.9 Å². The highest BCUT2D eigenvalue weighted by Gasteiger charge is 2.39. The number of piperidine rings is 1. The van der Waals surface area contributed by atoms with Gasteiger partial charge in [-0.15, -0.1) is 5.10 Å². The Balaban J connectivity index is 1.23. The van der Waals surface area contributed by atoms with Crippen LogP contribution in [0.15, 0.2) is 85.5 Å². The Hall–Kier alpha value is -6.29. The van der Waals surface area contributed by atoms with Crippen LogP contribution >= 0.6 is 0 Å². The lowest BCUT2D eigenvalue weighted by molar-refractivity contribution is 0.0465. The molecule has 0 spiro atoms. The predicted molar refractivity (Wildman–Crippen MR) is 218 cm³/mol. The van der Waals surface area contributed by atoms with Crippen LogP contribution in [0, 0.1) is 5.92 Å². The fourth-order valence-corrected chi connectivity index (χ4v) is 7.62. The Bertz CT molecular complexity index is 2200. The summed E-state index contributed by atoms with van der Waals surface area (Å²) in [6.07, 6.45) is 4.80. The number of benzene rings is 2. The average molecular weight is 776 g/mol. The number of hydrogen-bond acceptors (Lipinski definition) is 11. The fourth-order valence-electron chi connectivity index (χ4n) is 7.62. The minimum absolute atomic E-state index is 0.00576. The van der Waals surface area contributed by atoms with Crippen molar-refractivity contribution < 1.29 is 24.2 Å². The Morgan fingerprint density at radius 1 is 0.965 bits per heavy atom. The number of nitrogens with zero attached hydrogens (tertiary/aromatic N) is 9. The summed E-state index contributed by atoms with van der Waals surface area (Å²) in [6, 6.07) is 18.0. The van der Waals surface area contributed by atoms with Crippen molar-refractivity contribution in [3.8, 4) is 0 Å². The molecular weight excluding hydrogens is 727 g/mol. The van der Waals surface area contributed by atoms with Crippen molar-refractivity contribution in [2.24, 2.45) is 5.92 Å². The zero-order chi connectivity index (χ0) is 40.3. The second-order valence-corrected chi connectivity index (χ2v) is 15.7. The number of pyridine rings is 2. The smallest absolute Gasteiger partial charge is 0.412 e.